The van der Waals surface area contributed by atoms with Crippen LogP contribution in [-0.4, -0.2) is 35.6 Å². The fourth-order valence-electron chi connectivity index (χ4n) is 1.33. The van der Waals surface area contributed by atoms with Crippen LogP contribution in [0, 0.1) is 5.92 Å². The zero-order valence-corrected chi connectivity index (χ0v) is 10.4. The van der Waals surface area contributed by atoms with Gasteiger partial charge in [0.2, 0.25) is 5.91 Å². The maximum Gasteiger partial charge on any atom is 0.320 e. The highest BCUT2D eigenvalue weighted by Crippen LogP contribution is 2.04. The van der Waals surface area contributed by atoms with E-state index < -0.39 is 12.0 Å². The second kappa shape index (κ2) is 7.22. The van der Waals surface area contributed by atoms with Crippen LogP contribution in [0.4, 0.5) is 0 Å². The van der Waals surface area contributed by atoms with E-state index in [-0.39, 0.29) is 24.4 Å². The van der Waals surface area contributed by atoms with Crippen LogP contribution in [-0.2, 0) is 9.59 Å². The van der Waals surface area contributed by atoms with Crippen LogP contribution in [0.15, 0.2) is 0 Å². The first kappa shape index (κ1) is 14.9. The minimum absolute atomic E-state index is 0.0435. The Morgan fingerprint density at radius 3 is 2.12 bits per heavy atom. The lowest BCUT2D eigenvalue weighted by Crippen LogP contribution is -2.45. The average Bonchev–Trinajstić information content (AvgIpc) is 2.09. The Bertz CT molecular complexity index is 239. The van der Waals surface area contributed by atoms with Crippen molar-refractivity contribution in [3.05, 3.63) is 0 Å². The molecule has 16 heavy (non-hydrogen) atoms. The largest absolute Gasteiger partial charge is 0.480 e. The number of nitrogens with one attached hydrogen (secondary N) is 2. The summed E-state index contributed by atoms with van der Waals surface area (Å²) in [5.41, 5.74) is 0. The minimum atomic E-state index is -0.911. The van der Waals surface area contributed by atoms with Gasteiger partial charge in [0.25, 0.3) is 0 Å². The van der Waals surface area contributed by atoms with Crippen molar-refractivity contribution in [3.63, 3.8) is 0 Å². The van der Waals surface area contributed by atoms with Gasteiger partial charge in [-0.25, -0.2) is 0 Å². The van der Waals surface area contributed by atoms with E-state index in [0.29, 0.717) is 6.42 Å². The highest BCUT2D eigenvalue weighted by molar-refractivity contribution is 5.80. The van der Waals surface area contributed by atoms with E-state index in [9.17, 15) is 9.59 Å². The highest BCUT2D eigenvalue weighted by atomic mass is 16.4. The standard InChI is InChI=1S/C11H22N2O3/c1-7(2)5-9(11(15)16)12-6-10(14)13-8(3)4/h7-9,12H,5-6H2,1-4H3,(H,13,14)(H,15,16). The second-order valence-electron chi connectivity index (χ2n) is 4.62. The van der Waals surface area contributed by atoms with Gasteiger partial charge < -0.3 is 10.4 Å². The summed E-state index contributed by atoms with van der Waals surface area (Å²) in [6, 6.07) is -0.583. The molecule has 94 valence electrons. The molecule has 5 heteroatoms. The number of carboxylic acid groups (broad SMARTS) is 1. The molecular weight excluding hydrogens is 208 g/mol. The van der Waals surface area contributed by atoms with Crippen LogP contribution in [0.25, 0.3) is 0 Å². The molecule has 0 heterocycles. The van der Waals surface area contributed by atoms with Gasteiger partial charge in [0.1, 0.15) is 6.04 Å². The van der Waals surface area contributed by atoms with Gasteiger partial charge in [0, 0.05) is 6.04 Å². The van der Waals surface area contributed by atoms with Crippen molar-refractivity contribution in [3.8, 4) is 0 Å². The van der Waals surface area contributed by atoms with E-state index in [2.05, 4.69) is 10.6 Å². The summed E-state index contributed by atoms with van der Waals surface area (Å²) in [6.07, 6.45) is 0.518. The quantitative estimate of drug-likeness (QED) is 0.598. The smallest absolute Gasteiger partial charge is 0.320 e. The summed E-state index contributed by atoms with van der Waals surface area (Å²) in [5.74, 6) is -0.808. The first-order valence-corrected chi connectivity index (χ1v) is 5.58. The first-order valence-electron chi connectivity index (χ1n) is 5.58. The monoisotopic (exact) mass is 230 g/mol. The normalized spacial score (nSPS) is 12.9. The van der Waals surface area contributed by atoms with Crippen LogP contribution in [0.1, 0.15) is 34.1 Å². The van der Waals surface area contributed by atoms with Crippen molar-refractivity contribution in [1.29, 1.82) is 0 Å². The van der Waals surface area contributed by atoms with Crippen LogP contribution in [0.2, 0.25) is 0 Å². The molecule has 0 spiro atoms. The van der Waals surface area contributed by atoms with Gasteiger partial charge in [-0.15, -0.1) is 0 Å². The second-order valence-corrected chi connectivity index (χ2v) is 4.62. The number of carbonyl (C=O) groups excluding carboxylic acids is 1. The van der Waals surface area contributed by atoms with Crippen LogP contribution in [0.5, 0.6) is 0 Å². The maximum atomic E-state index is 11.3. The van der Waals surface area contributed by atoms with Crippen molar-refractivity contribution >= 4 is 11.9 Å². The lowest BCUT2D eigenvalue weighted by molar-refractivity contribution is -0.140. The van der Waals surface area contributed by atoms with Crippen molar-refractivity contribution in [2.45, 2.75) is 46.2 Å². The molecule has 0 saturated carbocycles. The zero-order valence-electron chi connectivity index (χ0n) is 10.4. The molecule has 0 aromatic carbocycles. The molecule has 0 aliphatic carbocycles. The molecular formula is C11H22N2O3. The molecule has 0 rings (SSSR count). The van der Waals surface area contributed by atoms with Crippen molar-refractivity contribution in [2.75, 3.05) is 6.54 Å². The molecule has 0 fully saturated rings. The predicted octanol–water partition coefficient (Wildman–Crippen LogP) is 0.600. The third kappa shape index (κ3) is 7.23. The molecule has 0 aliphatic rings. The number of rotatable bonds is 7. The average molecular weight is 230 g/mol. The number of carboxylic acids is 1. The number of aliphatic carboxylic acids is 1. The SMILES string of the molecule is CC(C)CC(NCC(=O)NC(C)C)C(=O)O. The van der Waals surface area contributed by atoms with E-state index >= 15 is 0 Å². The molecule has 0 aromatic rings. The molecule has 5 nitrogen and oxygen atoms in total. The molecule has 1 unspecified atom stereocenters. The lowest BCUT2D eigenvalue weighted by atomic mass is 10.0. The molecule has 1 amide bonds. The number of amides is 1. The summed E-state index contributed by atoms with van der Waals surface area (Å²) >= 11 is 0. The fourth-order valence-corrected chi connectivity index (χ4v) is 1.33. The van der Waals surface area contributed by atoms with Crippen LogP contribution >= 0.6 is 0 Å². The van der Waals surface area contributed by atoms with Gasteiger partial charge in [-0.05, 0) is 26.2 Å². The van der Waals surface area contributed by atoms with Gasteiger partial charge in [-0.2, -0.15) is 0 Å². The number of hydrogen-bond acceptors (Lipinski definition) is 3. The van der Waals surface area contributed by atoms with Crippen molar-refractivity contribution in [1.82, 2.24) is 10.6 Å². The van der Waals surface area contributed by atoms with E-state index in [4.69, 9.17) is 5.11 Å². The predicted molar refractivity (Wildman–Crippen MR) is 62.2 cm³/mol. The fraction of sp³-hybridized carbons (Fsp3) is 0.818. The van der Waals surface area contributed by atoms with Crippen molar-refractivity contribution in [2.24, 2.45) is 5.92 Å². The van der Waals surface area contributed by atoms with E-state index in [1.165, 1.54) is 0 Å². The topological polar surface area (TPSA) is 78.4 Å². The lowest BCUT2D eigenvalue weighted by Gasteiger charge is -2.16. The summed E-state index contributed by atoms with van der Waals surface area (Å²) in [4.78, 5) is 22.2. The van der Waals surface area contributed by atoms with Gasteiger partial charge in [-0.3, -0.25) is 14.9 Å². The summed E-state index contributed by atoms with van der Waals surface area (Å²) in [7, 11) is 0. The van der Waals surface area contributed by atoms with Crippen LogP contribution in [0.3, 0.4) is 0 Å². The Hall–Kier alpha value is -1.10. The Labute approximate surface area is 96.6 Å². The third-order valence-corrected chi connectivity index (χ3v) is 1.96. The Kier molecular flexibility index (Phi) is 6.72. The zero-order chi connectivity index (χ0) is 12.7. The molecule has 0 aromatic heterocycles. The van der Waals surface area contributed by atoms with E-state index in [0.717, 1.165) is 0 Å². The molecule has 0 bridgehead atoms. The number of hydrogen-bond donors (Lipinski definition) is 3. The Morgan fingerprint density at radius 2 is 1.75 bits per heavy atom. The Morgan fingerprint density at radius 1 is 1.19 bits per heavy atom. The van der Waals surface area contributed by atoms with Crippen molar-refractivity contribution < 1.29 is 14.7 Å². The summed E-state index contributed by atoms with van der Waals surface area (Å²) in [5, 5.41) is 14.4. The molecule has 0 saturated heterocycles. The van der Waals surface area contributed by atoms with Gasteiger partial charge >= 0.3 is 5.97 Å². The summed E-state index contributed by atoms with van der Waals surface area (Å²) < 4.78 is 0. The molecule has 0 aliphatic heterocycles. The highest BCUT2D eigenvalue weighted by Gasteiger charge is 2.19. The van der Waals surface area contributed by atoms with E-state index in [1.54, 1.807) is 0 Å². The molecule has 0 radical (unpaired) electrons. The maximum absolute atomic E-state index is 11.3. The van der Waals surface area contributed by atoms with E-state index in [1.807, 2.05) is 27.7 Å². The van der Waals surface area contributed by atoms with Gasteiger partial charge in [0.05, 0.1) is 6.54 Å². The van der Waals surface area contributed by atoms with Gasteiger partial charge in [-0.1, -0.05) is 13.8 Å². The third-order valence-electron chi connectivity index (χ3n) is 1.96. The summed E-state index contributed by atoms with van der Waals surface area (Å²) in [6.45, 7) is 7.67. The van der Waals surface area contributed by atoms with Crippen LogP contribution < -0.4 is 10.6 Å². The molecule has 3 N–H and O–H groups in total. The van der Waals surface area contributed by atoms with Gasteiger partial charge in [0.15, 0.2) is 0 Å². The first-order chi connectivity index (χ1) is 7.32. The Balaban J connectivity index is 4.02. The number of carbonyl (C=O) groups is 2. The minimum Gasteiger partial charge on any atom is -0.480 e. The molecule has 1 atom stereocenters.